The average molecular weight is 227 g/mol. The second-order valence-corrected chi connectivity index (χ2v) is 6.59. The summed E-state index contributed by atoms with van der Waals surface area (Å²) in [7, 11) is -3.97. The predicted octanol–water partition coefficient (Wildman–Crippen LogP) is 0.0828. The summed E-state index contributed by atoms with van der Waals surface area (Å²) in [6, 6.07) is -0.131. The van der Waals surface area contributed by atoms with Crippen LogP contribution in [0.2, 0.25) is 0 Å². The van der Waals surface area contributed by atoms with Gasteiger partial charge >= 0.3 is 0 Å². The minimum atomic E-state index is -3.12. The van der Waals surface area contributed by atoms with E-state index in [1.807, 2.05) is 0 Å². The van der Waals surface area contributed by atoms with E-state index in [4.69, 9.17) is 0 Å². The number of sulfonamides is 1. The normalized spacial score (nSPS) is 16.8. The molecule has 0 spiro atoms. The standard InChI is InChI=1S/C7H17NO3S2/c1-4-13(10,11)8-7(2)5-6-12(3)9/h7-8H,4-6H2,1-3H3. The molecule has 0 heterocycles. The lowest BCUT2D eigenvalue weighted by Gasteiger charge is -2.11. The second-order valence-electron chi connectivity index (χ2n) is 2.99. The Morgan fingerprint density at radius 2 is 2.00 bits per heavy atom. The minimum absolute atomic E-state index is 0.0898. The van der Waals surface area contributed by atoms with Crippen molar-refractivity contribution in [3.05, 3.63) is 0 Å². The molecule has 0 radical (unpaired) electrons. The first-order chi connectivity index (χ1) is 5.87. The van der Waals surface area contributed by atoms with Gasteiger partial charge in [0, 0.05) is 28.9 Å². The topological polar surface area (TPSA) is 63.2 Å². The maximum atomic E-state index is 11.1. The molecule has 0 saturated heterocycles. The molecule has 0 aliphatic carbocycles. The lowest BCUT2D eigenvalue weighted by molar-refractivity contribution is 0.557. The van der Waals surface area contributed by atoms with Gasteiger partial charge in [0.1, 0.15) is 0 Å². The monoisotopic (exact) mass is 227 g/mol. The van der Waals surface area contributed by atoms with Crippen LogP contribution in [0.25, 0.3) is 0 Å². The molecule has 0 saturated carbocycles. The van der Waals surface area contributed by atoms with Crippen LogP contribution >= 0.6 is 0 Å². The van der Waals surface area contributed by atoms with E-state index in [1.54, 1.807) is 20.1 Å². The highest BCUT2D eigenvalue weighted by Gasteiger charge is 2.11. The van der Waals surface area contributed by atoms with Crippen LogP contribution in [0.1, 0.15) is 20.3 Å². The van der Waals surface area contributed by atoms with E-state index in [2.05, 4.69) is 4.72 Å². The van der Waals surface area contributed by atoms with Crippen molar-refractivity contribution in [2.75, 3.05) is 17.8 Å². The van der Waals surface area contributed by atoms with Crippen molar-refractivity contribution in [3.63, 3.8) is 0 Å². The van der Waals surface area contributed by atoms with Crippen molar-refractivity contribution in [2.24, 2.45) is 0 Å². The summed E-state index contributed by atoms with van der Waals surface area (Å²) in [6.07, 6.45) is 2.23. The minimum Gasteiger partial charge on any atom is -0.260 e. The average Bonchev–Trinajstić information content (AvgIpc) is 2.00. The quantitative estimate of drug-likeness (QED) is 0.699. The summed E-state index contributed by atoms with van der Waals surface area (Å²) in [4.78, 5) is 0. The first-order valence-corrected chi connectivity index (χ1v) is 7.55. The van der Waals surface area contributed by atoms with Gasteiger partial charge in [0.2, 0.25) is 10.0 Å². The lowest BCUT2D eigenvalue weighted by Crippen LogP contribution is -2.34. The highest BCUT2D eigenvalue weighted by Crippen LogP contribution is 1.95. The van der Waals surface area contributed by atoms with Gasteiger partial charge in [-0.25, -0.2) is 13.1 Å². The number of hydrogen-bond acceptors (Lipinski definition) is 3. The van der Waals surface area contributed by atoms with E-state index < -0.39 is 20.8 Å². The van der Waals surface area contributed by atoms with E-state index >= 15 is 0 Å². The number of hydrogen-bond donors (Lipinski definition) is 1. The van der Waals surface area contributed by atoms with E-state index in [1.165, 1.54) is 0 Å². The largest absolute Gasteiger partial charge is 0.260 e. The van der Waals surface area contributed by atoms with Crippen molar-refractivity contribution < 1.29 is 12.6 Å². The van der Waals surface area contributed by atoms with Crippen molar-refractivity contribution in [1.29, 1.82) is 0 Å². The van der Waals surface area contributed by atoms with Gasteiger partial charge in [-0.15, -0.1) is 0 Å². The van der Waals surface area contributed by atoms with Crippen molar-refractivity contribution >= 4 is 20.8 Å². The van der Waals surface area contributed by atoms with E-state index in [0.29, 0.717) is 12.2 Å². The van der Waals surface area contributed by atoms with Crippen LogP contribution in [0, 0.1) is 0 Å². The molecule has 0 amide bonds. The van der Waals surface area contributed by atoms with Gasteiger partial charge in [-0.3, -0.25) is 4.21 Å². The third-order valence-corrected chi connectivity index (χ3v) is 3.93. The van der Waals surface area contributed by atoms with Gasteiger partial charge in [0.15, 0.2) is 0 Å². The van der Waals surface area contributed by atoms with Gasteiger partial charge in [0.25, 0.3) is 0 Å². The maximum absolute atomic E-state index is 11.1. The highest BCUT2D eigenvalue weighted by molar-refractivity contribution is 7.89. The first kappa shape index (κ1) is 13.1. The molecule has 0 bridgehead atoms. The Bertz CT molecular complexity index is 261. The van der Waals surface area contributed by atoms with Crippen molar-refractivity contribution in [1.82, 2.24) is 4.72 Å². The van der Waals surface area contributed by atoms with Crippen molar-refractivity contribution in [2.45, 2.75) is 26.3 Å². The zero-order valence-electron chi connectivity index (χ0n) is 8.24. The molecule has 1 N–H and O–H groups in total. The summed E-state index contributed by atoms with van der Waals surface area (Å²) in [5, 5.41) is 0. The summed E-state index contributed by atoms with van der Waals surface area (Å²) >= 11 is 0. The molecule has 0 aliphatic heterocycles. The fraction of sp³-hybridized carbons (Fsp3) is 1.00. The van der Waals surface area contributed by atoms with Gasteiger partial charge < -0.3 is 0 Å². The Balaban J connectivity index is 3.88. The molecule has 0 aromatic carbocycles. The van der Waals surface area contributed by atoms with E-state index in [0.717, 1.165) is 0 Å². The van der Waals surface area contributed by atoms with Crippen molar-refractivity contribution in [3.8, 4) is 0 Å². The zero-order valence-corrected chi connectivity index (χ0v) is 9.87. The first-order valence-electron chi connectivity index (χ1n) is 4.17. The predicted molar refractivity (Wildman–Crippen MR) is 55.6 cm³/mol. The van der Waals surface area contributed by atoms with Gasteiger partial charge in [0.05, 0.1) is 5.75 Å². The van der Waals surface area contributed by atoms with Crippen LogP contribution in [-0.2, 0) is 20.8 Å². The molecule has 4 nitrogen and oxygen atoms in total. The zero-order chi connectivity index (χ0) is 10.5. The molecule has 0 aromatic heterocycles. The molecule has 0 aromatic rings. The third-order valence-electron chi connectivity index (χ3n) is 1.60. The summed E-state index contributed by atoms with van der Waals surface area (Å²) in [5.74, 6) is 0.625. The maximum Gasteiger partial charge on any atom is 0.211 e. The van der Waals surface area contributed by atoms with Gasteiger partial charge in [-0.05, 0) is 20.3 Å². The Labute approximate surface area is 82.6 Å². The van der Waals surface area contributed by atoms with E-state index in [9.17, 15) is 12.6 Å². The van der Waals surface area contributed by atoms with Crippen LogP contribution < -0.4 is 4.72 Å². The Hall–Kier alpha value is 0.0600. The molecule has 0 aliphatic rings. The molecular weight excluding hydrogens is 210 g/mol. The third kappa shape index (κ3) is 7.16. The number of nitrogens with one attached hydrogen (secondary N) is 1. The smallest absolute Gasteiger partial charge is 0.211 e. The SMILES string of the molecule is CCS(=O)(=O)NC(C)CCS(C)=O. The fourth-order valence-corrected chi connectivity index (χ4v) is 2.37. The van der Waals surface area contributed by atoms with Crippen LogP contribution in [0.3, 0.4) is 0 Å². The van der Waals surface area contributed by atoms with Crippen LogP contribution in [0.15, 0.2) is 0 Å². The molecule has 80 valence electrons. The molecule has 2 atom stereocenters. The highest BCUT2D eigenvalue weighted by atomic mass is 32.2. The summed E-state index contributed by atoms with van der Waals surface area (Å²) < 4.78 is 35.4. The Morgan fingerprint density at radius 1 is 1.46 bits per heavy atom. The summed E-state index contributed by atoms with van der Waals surface area (Å²) in [5.41, 5.74) is 0. The van der Waals surface area contributed by atoms with E-state index in [-0.39, 0.29) is 11.8 Å². The Kier molecular flexibility index (Phi) is 5.75. The molecule has 13 heavy (non-hydrogen) atoms. The Morgan fingerprint density at radius 3 is 2.38 bits per heavy atom. The lowest BCUT2D eigenvalue weighted by atomic mass is 10.3. The van der Waals surface area contributed by atoms with Gasteiger partial charge in [-0.2, -0.15) is 0 Å². The van der Waals surface area contributed by atoms with Crippen LogP contribution in [0.4, 0.5) is 0 Å². The van der Waals surface area contributed by atoms with Gasteiger partial charge in [-0.1, -0.05) is 0 Å². The molecule has 0 rings (SSSR count). The summed E-state index contributed by atoms with van der Waals surface area (Å²) in [6.45, 7) is 3.37. The number of rotatable bonds is 6. The molecule has 6 heteroatoms. The molecule has 2 unspecified atom stereocenters. The molecular formula is C7H17NO3S2. The van der Waals surface area contributed by atoms with Crippen LogP contribution in [0.5, 0.6) is 0 Å². The second kappa shape index (κ2) is 5.72. The molecule has 0 fully saturated rings. The van der Waals surface area contributed by atoms with Crippen LogP contribution in [-0.4, -0.2) is 36.4 Å². The fourth-order valence-electron chi connectivity index (χ4n) is 0.792.